The van der Waals surface area contributed by atoms with Crippen molar-refractivity contribution in [2.24, 2.45) is 0 Å². The van der Waals surface area contributed by atoms with Crippen molar-refractivity contribution >= 4 is 39.9 Å². The van der Waals surface area contributed by atoms with Crippen molar-refractivity contribution in [3.05, 3.63) is 57.2 Å². The number of amides is 1. The van der Waals surface area contributed by atoms with E-state index in [4.69, 9.17) is 5.73 Å². The van der Waals surface area contributed by atoms with Crippen molar-refractivity contribution in [1.29, 1.82) is 0 Å². The Morgan fingerprint density at radius 3 is 2.47 bits per heavy atom. The highest BCUT2D eigenvalue weighted by Gasteiger charge is 2.06. The van der Waals surface area contributed by atoms with Crippen LogP contribution in [0.1, 0.15) is 22.8 Å². The molecule has 0 radical (unpaired) electrons. The lowest BCUT2D eigenvalue weighted by molar-refractivity contribution is 0.102. The second-order valence-electron chi connectivity index (χ2n) is 4.23. The first-order chi connectivity index (χ1) is 9.10. The van der Waals surface area contributed by atoms with Gasteiger partial charge in [0.15, 0.2) is 0 Å². The second-order valence-corrected chi connectivity index (χ2v) is 5.47. The Morgan fingerprint density at radius 1 is 1.21 bits per heavy atom. The van der Waals surface area contributed by atoms with Gasteiger partial charge in [0.25, 0.3) is 5.91 Å². The van der Waals surface area contributed by atoms with Crippen LogP contribution in [0.3, 0.4) is 0 Å². The van der Waals surface area contributed by atoms with E-state index in [0.717, 1.165) is 21.2 Å². The van der Waals surface area contributed by atoms with Crippen LogP contribution in [0, 0.1) is 3.57 Å². The van der Waals surface area contributed by atoms with Crippen molar-refractivity contribution in [1.82, 2.24) is 0 Å². The molecule has 0 unspecified atom stereocenters. The highest BCUT2D eigenvalue weighted by atomic mass is 127. The summed E-state index contributed by atoms with van der Waals surface area (Å²) in [5.41, 5.74) is 9.07. The zero-order valence-corrected chi connectivity index (χ0v) is 12.8. The molecule has 0 saturated heterocycles. The number of halogens is 1. The maximum Gasteiger partial charge on any atom is 0.255 e. The van der Waals surface area contributed by atoms with E-state index in [-0.39, 0.29) is 5.91 Å². The van der Waals surface area contributed by atoms with Gasteiger partial charge in [-0.1, -0.05) is 13.0 Å². The van der Waals surface area contributed by atoms with Crippen molar-refractivity contribution in [2.75, 3.05) is 11.1 Å². The molecule has 4 heteroatoms. The molecule has 0 spiro atoms. The minimum atomic E-state index is -0.125. The Hall–Kier alpha value is -1.56. The Kier molecular flexibility index (Phi) is 4.42. The number of nitrogen functional groups attached to an aromatic ring is 1. The van der Waals surface area contributed by atoms with Crippen molar-refractivity contribution in [2.45, 2.75) is 13.3 Å². The number of benzene rings is 2. The van der Waals surface area contributed by atoms with Crippen LogP contribution in [0.15, 0.2) is 42.5 Å². The molecule has 0 aromatic heterocycles. The second kappa shape index (κ2) is 6.06. The van der Waals surface area contributed by atoms with Gasteiger partial charge in [0.1, 0.15) is 0 Å². The van der Waals surface area contributed by atoms with Gasteiger partial charge < -0.3 is 11.1 Å². The van der Waals surface area contributed by atoms with Crippen LogP contribution in [0.4, 0.5) is 11.4 Å². The van der Waals surface area contributed by atoms with Gasteiger partial charge in [-0.15, -0.1) is 0 Å². The highest BCUT2D eigenvalue weighted by molar-refractivity contribution is 14.1. The average molecular weight is 366 g/mol. The Balaban J connectivity index is 2.14. The summed E-state index contributed by atoms with van der Waals surface area (Å²) in [6, 6.07) is 13.0. The number of rotatable bonds is 3. The van der Waals surface area contributed by atoms with Crippen LogP contribution >= 0.6 is 22.6 Å². The fraction of sp³-hybridized carbons (Fsp3) is 0.133. The molecular weight excluding hydrogens is 351 g/mol. The van der Waals surface area contributed by atoms with E-state index in [2.05, 4.69) is 34.8 Å². The van der Waals surface area contributed by atoms with E-state index >= 15 is 0 Å². The van der Waals surface area contributed by atoms with Gasteiger partial charge in [-0.05, 0) is 71.0 Å². The molecule has 2 rings (SSSR count). The predicted octanol–water partition coefficient (Wildman–Crippen LogP) is 3.69. The molecular formula is C15H15IN2O. The highest BCUT2D eigenvalue weighted by Crippen LogP contribution is 2.19. The molecule has 3 N–H and O–H groups in total. The SMILES string of the molecule is CCc1ccc(NC(=O)c2ccc(I)cc2)cc1N. The van der Waals surface area contributed by atoms with Gasteiger partial charge in [-0.3, -0.25) is 4.79 Å². The quantitative estimate of drug-likeness (QED) is 0.643. The lowest BCUT2D eigenvalue weighted by atomic mass is 10.1. The molecule has 3 nitrogen and oxygen atoms in total. The minimum absolute atomic E-state index is 0.125. The van der Waals surface area contributed by atoms with Gasteiger partial charge in [-0.25, -0.2) is 0 Å². The van der Waals surface area contributed by atoms with Crippen LogP contribution in [0.2, 0.25) is 0 Å². The normalized spacial score (nSPS) is 10.2. The molecule has 0 atom stereocenters. The molecule has 0 fully saturated rings. The number of nitrogens with two attached hydrogens (primary N) is 1. The van der Waals surface area contributed by atoms with E-state index in [9.17, 15) is 4.79 Å². The maximum absolute atomic E-state index is 12.0. The molecule has 0 bridgehead atoms. The first-order valence-electron chi connectivity index (χ1n) is 6.05. The molecule has 1 amide bonds. The smallest absolute Gasteiger partial charge is 0.255 e. The summed E-state index contributed by atoms with van der Waals surface area (Å²) in [6.07, 6.45) is 0.886. The Bertz CT molecular complexity index is 594. The van der Waals surface area contributed by atoms with Gasteiger partial charge in [0, 0.05) is 20.5 Å². The van der Waals surface area contributed by atoms with E-state index in [1.807, 2.05) is 24.3 Å². The third-order valence-corrected chi connectivity index (χ3v) is 3.61. The third-order valence-electron chi connectivity index (χ3n) is 2.89. The Labute approximate surface area is 126 Å². The summed E-state index contributed by atoms with van der Waals surface area (Å²) in [5.74, 6) is -0.125. The van der Waals surface area contributed by atoms with E-state index in [1.54, 1.807) is 18.2 Å². The fourth-order valence-electron chi connectivity index (χ4n) is 1.80. The molecule has 0 aliphatic rings. The predicted molar refractivity (Wildman–Crippen MR) is 87.3 cm³/mol. The van der Waals surface area contributed by atoms with Gasteiger partial charge in [0.2, 0.25) is 0 Å². The number of hydrogen-bond acceptors (Lipinski definition) is 2. The zero-order valence-electron chi connectivity index (χ0n) is 10.6. The van der Waals surface area contributed by atoms with Crippen molar-refractivity contribution < 1.29 is 4.79 Å². The lowest BCUT2D eigenvalue weighted by Gasteiger charge is -2.08. The summed E-state index contributed by atoms with van der Waals surface area (Å²) in [4.78, 5) is 12.0. The number of carbonyl (C=O) groups excluding carboxylic acids is 1. The van der Waals surface area contributed by atoms with Crippen molar-refractivity contribution in [3.63, 3.8) is 0 Å². The average Bonchev–Trinajstić information content (AvgIpc) is 2.39. The topological polar surface area (TPSA) is 55.1 Å². The molecule has 0 aliphatic heterocycles. The monoisotopic (exact) mass is 366 g/mol. The van der Waals surface area contributed by atoms with Crippen LogP contribution in [0.5, 0.6) is 0 Å². The molecule has 2 aromatic carbocycles. The van der Waals surface area contributed by atoms with E-state index < -0.39 is 0 Å². The largest absolute Gasteiger partial charge is 0.398 e. The van der Waals surface area contributed by atoms with Crippen LogP contribution in [-0.2, 0) is 6.42 Å². The molecule has 98 valence electrons. The molecule has 0 saturated carbocycles. The standard InChI is InChI=1S/C15H15IN2O/c1-2-10-5-8-13(9-14(10)17)18-15(19)11-3-6-12(16)7-4-11/h3-9H,2,17H2,1H3,(H,18,19). The molecule has 0 aliphatic carbocycles. The first kappa shape index (κ1) is 13.9. The zero-order chi connectivity index (χ0) is 13.8. The summed E-state index contributed by atoms with van der Waals surface area (Å²) in [6.45, 7) is 2.05. The first-order valence-corrected chi connectivity index (χ1v) is 7.13. The summed E-state index contributed by atoms with van der Waals surface area (Å²) < 4.78 is 1.10. The maximum atomic E-state index is 12.0. The number of nitrogens with one attached hydrogen (secondary N) is 1. The molecule has 2 aromatic rings. The minimum Gasteiger partial charge on any atom is -0.398 e. The van der Waals surface area contributed by atoms with Crippen LogP contribution in [-0.4, -0.2) is 5.91 Å². The molecule has 19 heavy (non-hydrogen) atoms. The third kappa shape index (κ3) is 3.47. The van der Waals surface area contributed by atoms with Crippen LogP contribution in [0.25, 0.3) is 0 Å². The summed E-state index contributed by atoms with van der Waals surface area (Å²) in [7, 11) is 0. The fourth-order valence-corrected chi connectivity index (χ4v) is 2.16. The van der Waals surface area contributed by atoms with E-state index in [0.29, 0.717) is 11.3 Å². The summed E-state index contributed by atoms with van der Waals surface area (Å²) >= 11 is 2.21. The Morgan fingerprint density at radius 2 is 1.89 bits per heavy atom. The van der Waals surface area contributed by atoms with Crippen LogP contribution < -0.4 is 11.1 Å². The van der Waals surface area contributed by atoms with Gasteiger partial charge in [-0.2, -0.15) is 0 Å². The van der Waals surface area contributed by atoms with Gasteiger partial charge in [0.05, 0.1) is 0 Å². The molecule has 0 heterocycles. The van der Waals surface area contributed by atoms with Gasteiger partial charge >= 0.3 is 0 Å². The number of anilines is 2. The van der Waals surface area contributed by atoms with E-state index in [1.165, 1.54) is 0 Å². The summed E-state index contributed by atoms with van der Waals surface area (Å²) in [5, 5.41) is 2.85. The number of carbonyl (C=O) groups is 1. The lowest BCUT2D eigenvalue weighted by Crippen LogP contribution is -2.12. The van der Waals surface area contributed by atoms with Crippen molar-refractivity contribution in [3.8, 4) is 0 Å². The number of aryl methyl sites for hydroxylation is 1. The number of hydrogen-bond donors (Lipinski definition) is 2.